The molecule has 5 nitrogen and oxygen atoms in total. The summed E-state index contributed by atoms with van der Waals surface area (Å²) in [6.07, 6.45) is 1.31. The van der Waals surface area contributed by atoms with E-state index in [1.165, 1.54) is 18.2 Å². The minimum absolute atomic E-state index is 0.265. The number of hydrogen-bond donors (Lipinski definition) is 1. The summed E-state index contributed by atoms with van der Waals surface area (Å²) in [7, 11) is -3.73. The topological polar surface area (TPSA) is 66.5 Å². The van der Waals surface area contributed by atoms with Gasteiger partial charge in [-0.15, -0.1) is 0 Å². The van der Waals surface area contributed by atoms with Crippen LogP contribution in [0.1, 0.15) is 31.9 Å². The third-order valence-corrected chi connectivity index (χ3v) is 5.54. The van der Waals surface area contributed by atoms with Crippen molar-refractivity contribution < 1.29 is 17.6 Å². The van der Waals surface area contributed by atoms with Crippen molar-refractivity contribution >= 4 is 33.2 Å². The fourth-order valence-corrected chi connectivity index (χ4v) is 4.21. The lowest BCUT2D eigenvalue weighted by molar-refractivity contribution is -0.122. The minimum atomic E-state index is -3.73. The molecule has 146 valence electrons. The summed E-state index contributed by atoms with van der Waals surface area (Å²) in [6.45, 7) is 3.48. The maximum absolute atomic E-state index is 13.1. The summed E-state index contributed by atoms with van der Waals surface area (Å²) < 4.78 is 39.0. The number of carbonyl (C=O) groups excluding carboxylic acids is 1. The van der Waals surface area contributed by atoms with Crippen LogP contribution in [0.5, 0.6) is 0 Å². The van der Waals surface area contributed by atoms with E-state index in [1.807, 2.05) is 0 Å². The van der Waals surface area contributed by atoms with Gasteiger partial charge in [-0.1, -0.05) is 36.7 Å². The second kappa shape index (κ2) is 8.71. The van der Waals surface area contributed by atoms with Crippen LogP contribution in [0.25, 0.3) is 0 Å². The molecule has 0 aliphatic carbocycles. The zero-order chi connectivity index (χ0) is 20.2. The van der Waals surface area contributed by atoms with Crippen LogP contribution < -0.4 is 9.62 Å². The van der Waals surface area contributed by atoms with Gasteiger partial charge in [-0.25, -0.2) is 12.8 Å². The molecule has 2 rings (SSSR count). The molecule has 0 fully saturated rings. The average Bonchev–Trinajstić information content (AvgIpc) is 2.58. The second-order valence-electron chi connectivity index (χ2n) is 6.24. The van der Waals surface area contributed by atoms with E-state index in [0.29, 0.717) is 16.3 Å². The van der Waals surface area contributed by atoms with E-state index in [4.69, 9.17) is 11.6 Å². The predicted molar refractivity (Wildman–Crippen MR) is 106 cm³/mol. The summed E-state index contributed by atoms with van der Waals surface area (Å²) in [6, 6.07) is 10.8. The molecule has 0 aliphatic heterocycles. The molecule has 0 spiro atoms. The van der Waals surface area contributed by atoms with Gasteiger partial charge in [-0.2, -0.15) is 0 Å². The Morgan fingerprint density at radius 2 is 1.85 bits per heavy atom. The number of anilines is 1. The van der Waals surface area contributed by atoms with Crippen molar-refractivity contribution in [2.75, 3.05) is 10.6 Å². The van der Waals surface area contributed by atoms with Gasteiger partial charge in [0.2, 0.25) is 15.9 Å². The van der Waals surface area contributed by atoms with Crippen LogP contribution in [-0.4, -0.2) is 26.6 Å². The summed E-state index contributed by atoms with van der Waals surface area (Å²) in [4.78, 5) is 12.8. The first-order valence-electron chi connectivity index (χ1n) is 8.44. The third-order valence-electron chi connectivity index (χ3n) is 4.12. The Labute approximate surface area is 164 Å². The van der Waals surface area contributed by atoms with Crippen LogP contribution >= 0.6 is 11.6 Å². The highest BCUT2D eigenvalue weighted by Gasteiger charge is 2.32. The van der Waals surface area contributed by atoms with Crippen molar-refractivity contribution in [2.24, 2.45) is 0 Å². The van der Waals surface area contributed by atoms with E-state index in [0.717, 1.165) is 10.6 Å². The highest BCUT2D eigenvalue weighted by Crippen LogP contribution is 2.26. The van der Waals surface area contributed by atoms with Gasteiger partial charge < -0.3 is 5.32 Å². The monoisotopic (exact) mass is 412 g/mol. The normalized spacial score (nSPS) is 13.7. The molecule has 0 saturated heterocycles. The quantitative estimate of drug-likeness (QED) is 0.749. The molecule has 27 heavy (non-hydrogen) atoms. The number of nitrogens with one attached hydrogen (secondary N) is 1. The van der Waals surface area contributed by atoms with Crippen molar-refractivity contribution in [3.8, 4) is 0 Å². The molecule has 2 aromatic rings. The average molecular weight is 413 g/mol. The molecule has 1 amide bonds. The van der Waals surface area contributed by atoms with Gasteiger partial charge in [0.15, 0.2) is 0 Å². The van der Waals surface area contributed by atoms with Gasteiger partial charge in [0.25, 0.3) is 0 Å². The maximum Gasteiger partial charge on any atom is 0.244 e. The van der Waals surface area contributed by atoms with Crippen molar-refractivity contribution in [3.63, 3.8) is 0 Å². The SMILES string of the molecule is CC[C@@H](C(=O)N[C@@H](C)c1ccc(F)cc1)N(c1cccc(Cl)c1)S(C)(=O)=O. The number of amides is 1. The molecule has 1 N–H and O–H groups in total. The lowest BCUT2D eigenvalue weighted by atomic mass is 10.1. The van der Waals surface area contributed by atoms with Crippen molar-refractivity contribution in [1.82, 2.24) is 5.32 Å². The smallest absolute Gasteiger partial charge is 0.244 e. The maximum atomic E-state index is 13.1. The second-order valence-corrected chi connectivity index (χ2v) is 8.54. The first kappa shape index (κ1) is 21.2. The lowest BCUT2D eigenvalue weighted by Gasteiger charge is -2.31. The molecular weight excluding hydrogens is 391 g/mol. The van der Waals surface area contributed by atoms with E-state index in [2.05, 4.69) is 5.32 Å². The number of sulfonamides is 1. The zero-order valence-corrected chi connectivity index (χ0v) is 16.9. The Kier molecular flexibility index (Phi) is 6.84. The van der Waals surface area contributed by atoms with Crippen molar-refractivity contribution in [2.45, 2.75) is 32.4 Å². The van der Waals surface area contributed by atoms with E-state index >= 15 is 0 Å². The summed E-state index contributed by atoms with van der Waals surface area (Å²) >= 11 is 5.99. The number of halogens is 2. The molecule has 0 aromatic heterocycles. The Bertz CT molecular complexity index is 903. The molecule has 2 atom stereocenters. The van der Waals surface area contributed by atoms with E-state index in [1.54, 1.807) is 44.2 Å². The van der Waals surface area contributed by atoms with Crippen molar-refractivity contribution in [3.05, 3.63) is 64.9 Å². The first-order valence-corrected chi connectivity index (χ1v) is 10.7. The zero-order valence-electron chi connectivity index (χ0n) is 15.3. The van der Waals surface area contributed by atoms with Crippen molar-refractivity contribution in [1.29, 1.82) is 0 Å². The number of hydrogen-bond acceptors (Lipinski definition) is 3. The molecule has 0 bridgehead atoms. The number of nitrogens with zero attached hydrogens (tertiary/aromatic N) is 1. The van der Waals surface area contributed by atoms with E-state index in [9.17, 15) is 17.6 Å². The van der Waals surface area contributed by atoms with Crippen LogP contribution in [0.2, 0.25) is 5.02 Å². The molecule has 0 aliphatic rings. The first-order chi connectivity index (χ1) is 12.6. The van der Waals surface area contributed by atoms with Gasteiger partial charge in [-0.3, -0.25) is 9.10 Å². The van der Waals surface area contributed by atoms with E-state index < -0.39 is 28.0 Å². The molecule has 0 unspecified atom stereocenters. The molecule has 0 saturated carbocycles. The fraction of sp³-hybridized carbons (Fsp3) is 0.316. The Morgan fingerprint density at radius 1 is 1.22 bits per heavy atom. The number of rotatable bonds is 7. The van der Waals surface area contributed by atoms with Gasteiger partial charge in [0.05, 0.1) is 18.0 Å². The molecule has 2 aromatic carbocycles. The fourth-order valence-electron chi connectivity index (χ4n) is 2.82. The Morgan fingerprint density at radius 3 is 2.37 bits per heavy atom. The van der Waals surface area contributed by atoms with E-state index in [-0.39, 0.29) is 12.2 Å². The Hall–Kier alpha value is -2.12. The molecular formula is C19H22ClFN2O3S. The van der Waals surface area contributed by atoms with Gasteiger partial charge in [-0.05, 0) is 49.2 Å². The van der Waals surface area contributed by atoms with Crippen LogP contribution in [0.15, 0.2) is 48.5 Å². The van der Waals surface area contributed by atoms with Crippen LogP contribution in [0, 0.1) is 5.82 Å². The highest BCUT2D eigenvalue weighted by atomic mass is 35.5. The summed E-state index contributed by atoms with van der Waals surface area (Å²) in [5, 5.41) is 3.17. The Balaban J connectivity index is 2.30. The minimum Gasteiger partial charge on any atom is -0.348 e. The molecule has 0 heterocycles. The third kappa shape index (κ3) is 5.43. The van der Waals surface area contributed by atoms with Gasteiger partial charge in [0, 0.05) is 5.02 Å². The van der Waals surface area contributed by atoms with Gasteiger partial charge in [0.1, 0.15) is 11.9 Å². The lowest BCUT2D eigenvalue weighted by Crippen LogP contribution is -2.49. The van der Waals surface area contributed by atoms with Crippen LogP contribution in [0.3, 0.4) is 0 Å². The molecule has 8 heteroatoms. The van der Waals surface area contributed by atoms with Gasteiger partial charge >= 0.3 is 0 Å². The summed E-state index contributed by atoms with van der Waals surface area (Å²) in [5.74, 6) is -0.812. The number of carbonyl (C=O) groups is 1. The van der Waals surface area contributed by atoms with Crippen LogP contribution in [0.4, 0.5) is 10.1 Å². The predicted octanol–water partition coefficient (Wildman–Crippen LogP) is 3.90. The number of benzene rings is 2. The van der Waals surface area contributed by atoms with Crippen LogP contribution in [-0.2, 0) is 14.8 Å². The molecule has 0 radical (unpaired) electrons. The highest BCUT2D eigenvalue weighted by molar-refractivity contribution is 7.92. The standard InChI is InChI=1S/C19H22ClFN2O3S/c1-4-18(19(24)22-13(2)14-8-10-16(21)11-9-14)23(27(3,25)26)17-7-5-6-15(20)12-17/h5-13,18H,4H2,1-3H3,(H,22,24)/t13-,18-/m0/s1. The largest absolute Gasteiger partial charge is 0.348 e. The summed E-state index contributed by atoms with van der Waals surface area (Å²) in [5.41, 5.74) is 1.04.